The first kappa shape index (κ1) is 22.0. The largest absolute Gasteiger partial charge is 0.366 e. The molecule has 0 aliphatic carbocycles. The lowest BCUT2D eigenvalue weighted by molar-refractivity contribution is -0.117. The van der Waals surface area contributed by atoms with Gasteiger partial charge in [0.05, 0.1) is 5.92 Å². The van der Waals surface area contributed by atoms with Crippen molar-refractivity contribution >= 4 is 17.5 Å². The molecule has 0 spiro atoms. The van der Waals surface area contributed by atoms with Crippen molar-refractivity contribution in [3.8, 4) is 22.3 Å². The van der Waals surface area contributed by atoms with Crippen molar-refractivity contribution in [2.75, 3.05) is 5.32 Å². The molecule has 0 aliphatic heterocycles. The van der Waals surface area contributed by atoms with Gasteiger partial charge in [0.2, 0.25) is 11.8 Å². The van der Waals surface area contributed by atoms with E-state index in [4.69, 9.17) is 5.73 Å². The second-order valence-electron chi connectivity index (χ2n) is 7.93. The summed E-state index contributed by atoms with van der Waals surface area (Å²) in [6, 6.07) is 33.1. The summed E-state index contributed by atoms with van der Waals surface area (Å²) in [5.74, 6) is -0.921. The maximum atomic E-state index is 12.9. The fourth-order valence-electron chi connectivity index (χ4n) is 4.04. The maximum absolute atomic E-state index is 12.9. The van der Waals surface area contributed by atoms with E-state index in [0.717, 1.165) is 27.8 Å². The summed E-state index contributed by atoms with van der Waals surface area (Å²) in [6.07, 6.45) is 0.671. The van der Waals surface area contributed by atoms with Crippen LogP contribution < -0.4 is 11.1 Å². The molecular formula is C29H26N2O2. The molecule has 0 aromatic heterocycles. The van der Waals surface area contributed by atoms with E-state index >= 15 is 0 Å². The van der Waals surface area contributed by atoms with E-state index < -0.39 is 5.91 Å². The minimum absolute atomic E-state index is 0.112. The predicted molar refractivity (Wildman–Crippen MR) is 134 cm³/mol. The van der Waals surface area contributed by atoms with Crippen LogP contribution in [0.2, 0.25) is 0 Å². The van der Waals surface area contributed by atoms with Crippen molar-refractivity contribution in [2.24, 2.45) is 5.73 Å². The highest BCUT2D eigenvalue weighted by atomic mass is 16.2. The summed E-state index contributed by atoms with van der Waals surface area (Å²) >= 11 is 0. The smallest absolute Gasteiger partial charge is 0.249 e. The minimum Gasteiger partial charge on any atom is -0.366 e. The van der Waals surface area contributed by atoms with Crippen LogP contribution in [-0.4, -0.2) is 11.8 Å². The SMILES string of the molecule is CCC(C(=O)Nc1ccc(-c2ccc(-c3ccccc3)cc2)c(C(N)=O)c1)c1ccccc1. The average molecular weight is 435 g/mol. The van der Waals surface area contributed by atoms with Gasteiger partial charge < -0.3 is 11.1 Å². The molecule has 4 nitrogen and oxygen atoms in total. The van der Waals surface area contributed by atoms with Gasteiger partial charge in [-0.1, -0.05) is 97.9 Å². The molecule has 3 N–H and O–H groups in total. The first-order valence-corrected chi connectivity index (χ1v) is 11.0. The molecule has 0 radical (unpaired) electrons. The third-order valence-electron chi connectivity index (χ3n) is 5.78. The number of nitrogens with two attached hydrogens (primary N) is 1. The van der Waals surface area contributed by atoms with Crippen LogP contribution in [0, 0.1) is 0 Å². The van der Waals surface area contributed by atoms with Gasteiger partial charge in [0.15, 0.2) is 0 Å². The molecule has 2 amide bonds. The summed E-state index contributed by atoms with van der Waals surface area (Å²) in [7, 11) is 0. The van der Waals surface area contributed by atoms with Gasteiger partial charge in [-0.25, -0.2) is 0 Å². The molecule has 4 aromatic carbocycles. The van der Waals surface area contributed by atoms with Gasteiger partial charge >= 0.3 is 0 Å². The number of amides is 2. The fourth-order valence-corrected chi connectivity index (χ4v) is 4.04. The molecule has 1 unspecified atom stereocenters. The van der Waals surface area contributed by atoms with Crippen molar-refractivity contribution in [3.05, 3.63) is 114 Å². The lowest BCUT2D eigenvalue weighted by atomic mass is 9.94. The van der Waals surface area contributed by atoms with Crippen molar-refractivity contribution in [3.63, 3.8) is 0 Å². The van der Waals surface area contributed by atoms with E-state index in [-0.39, 0.29) is 11.8 Å². The molecule has 0 fully saturated rings. The zero-order valence-electron chi connectivity index (χ0n) is 18.5. The van der Waals surface area contributed by atoms with Crippen LogP contribution >= 0.6 is 0 Å². The van der Waals surface area contributed by atoms with Crippen LogP contribution in [0.1, 0.15) is 35.2 Å². The number of rotatable bonds is 7. The molecular weight excluding hydrogens is 408 g/mol. The number of primary amides is 1. The van der Waals surface area contributed by atoms with Crippen LogP contribution in [0.25, 0.3) is 22.3 Å². The summed E-state index contributed by atoms with van der Waals surface area (Å²) in [6.45, 7) is 1.98. The molecule has 4 heteroatoms. The van der Waals surface area contributed by atoms with Gasteiger partial charge in [-0.2, -0.15) is 0 Å². The summed E-state index contributed by atoms with van der Waals surface area (Å²) in [5, 5.41) is 2.95. The van der Waals surface area contributed by atoms with E-state index in [0.29, 0.717) is 17.7 Å². The van der Waals surface area contributed by atoms with Gasteiger partial charge in [0, 0.05) is 11.3 Å². The Morgan fingerprint density at radius 1 is 0.758 bits per heavy atom. The lowest BCUT2D eigenvalue weighted by Gasteiger charge is -2.16. The van der Waals surface area contributed by atoms with Crippen molar-refractivity contribution in [2.45, 2.75) is 19.3 Å². The molecule has 0 heterocycles. The minimum atomic E-state index is -0.539. The Morgan fingerprint density at radius 2 is 1.33 bits per heavy atom. The Bertz CT molecular complexity index is 1250. The lowest BCUT2D eigenvalue weighted by Crippen LogP contribution is -2.21. The number of hydrogen-bond donors (Lipinski definition) is 2. The molecule has 4 aromatic rings. The molecule has 4 rings (SSSR count). The molecule has 164 valence electrons. The van der Waals surface area contributed by atoms with E-state index in [2.05, 4.69) is 17.4 Å². The Labute approximate surface area is 194 Å². The standard InChI is InChI=1S/C29H26N2O2/c1-2-25(22-11-7-4-8-12-22)29(33)31-24-17-18-26(27(19-24)28(30)32)23-15-13-21(14-16-23)20-9-5-3-6-10-20/h3-19,25H,2H2,1H3,(H2,30,32)(H,31,33). The van der Waals surface area contributed by atoms with Crippen LogP contribution in [0.15, 0.2) is 103 Å². The Kier molecular flexibility index (Phi) is 6.65. The molecule has 1 atom stereocenters. The van der Waals surface area contributed by atoms with Crippen LogP contribution in [0.3, 0.4) is 0 Å². The summed E-state index contributed by atoms with van der Waals surface area (Å²) in [5.41, 5.74) is 11.4. The van der Waals surface area contributed by atoms with E-state index in [1.807, 2.05) is 91.9 Å². The number of carbonyl (C=O) groups is 2. The monoisotopic (exact) mass is 434 g/mol. The average Bonchev–Trinajstić information content (AvgIpc) is 2.86. The summed E-state index contributed by atoms with van der Waals surface area (Å²) < 4.78 is 0. The summed E-state index contributed by atoms with van der Waals surface area (Å²) in [4.78, 5) is 25.2. The second kappa shape index (κ2) is 9.96. The van der Waals surface area contributed by atoms with Crippen LogP contribution in [-0.2, 0) is 4.79 Å². The van der Waals surface area contributed by atoms with Crippen molar-refractivity contribution in [1.29, 1.82) is 0 Å². The highest BCUT2D eigenvalue weighted by Gasteiger charge is 2.19. The van der Waals surface area contributed by atoms with Gasteiger partial charge in [-0.3, -0.25) is 9.59 Å². The number of carbonyl (C=O) groups excluding carboxylic acids is 2. The van der Waals surface area contributed by atoms with Crippen LogP contribution in [0.5, 0.6) is 0 Å². The third kappa shape index (κ3) is 5.01. The molecule has 0 saturated heterocycles. The predicted octanol–water partition coefficient (Wildman–Crippen LogP) is 6.25. The quantitative estimate of drug-likeness (QED) is 0.361. The normalized spacial score (nSPS) is 11.5. The first-order chi connectivity index (χ1) is 16.1. The van der Waals surface area contributed by atoms with Gasteiger partial charge in [0.1, 0.15) is 0 Å². The highest BCUT2D eigenvalue weighted by molar-refractivity contribution is 6.03. The second-order valence-corrected chi connectivity index (χ2v) is 7.93. The first-order valence-electron chi connectivity index (χ1n) is 11.0. The number of nitrogens with one attached hydrogen (secondary N) is 1. The van der Waals surface area contributed by atoms with E-state index in [1.165, 1.54) is 0 Å². The number of hydrogen-bond acceptors (Lipinski definition) is 2. The van der Waals surface area contributed by atoms with Crippen LogP contribution in [0.4, 0.5) is 5.69 Å². The van der Waals surface area contributed by atoms with Crippen molar-refractivity contribution in [1.82, 2.24) is 0 Å². The Balaban J connectivity index is 1.59. The number of anilines is 1. The Hall–Kier alpha value is -4.18. The highest BCUT2D eigenvalue weighted by Crippen LogP contribution is 2.30. The molecule has 0 bridgehead atoms. The third-order valence-corrected chi connectivity index (χ3v) is 5.78. The van der Waals surface area contributed by atoms with Crippen molar-refractivity contribution < 1.29 is 9.59 Å². The van der Waals surface area contributed by atoms with Gasteiger partial charge in [-0.15, -0.1) is 0 Å². The maximum Gasteiger partial charge on any atom is 0.249 e. The Morgan fingerprint density at radius 3 is 1.94 bits per heavy atom. The fraction of sp³-hybridized carbons (Fsp3) is 0.103. The zero-order valence-corrected chi connectivity index (χ0v) is 18.5. The van der Waals surface area contributed by atoms with Gasteiger partial charge in [0.25, 0.3) is 0 Å². The molecule has 0 aliphatic rings. The van der Waals surface area contributed by atoms with E-state index in [1.54, 1.807) is 6.07 Å². The van der Waals surface area contributed by atoms with Gasteiger partial charge in [-0.05, 0) is 46.4 Å². The van der Waals surface area contributed by atoms with E-state index in [9.17, 15) is 9.59 Å². The zero-order chi connectivity index (χ0) is 23.2. The number of benzene rings is 4. The molecule has 0 saturated carbocycles. The molecule has 33 heavy (non-hydrogen) atoms. The topological polar surface area (TPSA) is 72.2 Å².